The second-order valence-electron chi connectivity index (χ2n) is 2.73. The molecule has 5 heteroatoms. The summed E-state index contributed by atoms with van der Waals surface area (Å²) in [5.74, 6) is 0. The molecule has 76 valence electrons. The van der Waals surface area contributed by atoms with Crippen molar-refractivity contribution in [3.8, 4) is 0 Å². The van der Waals surface area contributed by atoms with E-state index in [4.69, 9.17) is 20.4 Å². The van der Waals surface area contributed by atoms with Crippen molar-refractivity contribution in [1.29, 1.82) is 0 Å². The first-order chi connectivity index (χ1) is 4.88. The average molecular weight is 282 g/mol. The predicted molar refractivity (Wildman–Crippen MR) is 61.1 cm³/mol. The monoisotopic (exact) mass is 280 g/mol. The van der Waals surface area contributed by atoms with Crippen LogP contribution in [0.15, 0.2) is 0 Å². The van der Waals surface area contributed by atoms with Crippen LogP contribution in [-0.4, -0.2) is 40.0 Å². The van der Waals surface area contributed by atoms with Crippen LogP contribution in [0.1, 0.15) is 0 Å². The molecule has 0 fully saturated rings. The zero-order valence-corrected chi connectivity index (χ0v) is 12.3. The summed E-state index contributed by atoms with van der Waals surface area (Å²) < 4.78 is 0. The van der Waals surface area contributed by atoms with E-state index >= 15 is 0 Å². The molecule has 0 aromatic rings. The Bertz CT molecular complexity index is 42.3. The van der Waals surface area contributed by atoms with Gasteiger partial charge in [-0.1, -0.05) is 0 Å². The molecule has 0 spiro atoms. The second-order valence-corrected chi connectivity index (χ2v) is 9.73. The van der Waals surface area contributed by atoms with Gasteiger partial charge in [0.05, 0.1) is 0 Å². The third kappa shape index (κ3) is 315. The molecular formula is C6H18Cl2NiP2. The zero-order valence-electron chi connectivity index (χ0n) is 7.97. The van der Waals surface area contributed by atoms with Gasteiger partial charge in [0.2, 0.25) is 0 Å². The number of hydrogen-bond acceptors (Lipinski definition) is 0. The Kier molecular flexibility index (Phi) is 30.3. The van der Waals surface area contributed by atoms with Gasteiger partial charge < -0.3 is 0 Å². The number of hydrogen-bond donors (Lipinski definition) is 0. The Morgan fingerprint density at radius 2 is 0.727 bits per heavy atom. The van der Waals surface area contributed by atoms with Crippen molar-refractivity contribution < 1.29 is 12.7 Å². The Balaban J connectivity index is -0.0000000886. The van der Waals surface area contributed by atoms with Crippen molar-refractivity contribution in [2.24, 2.45) is 0 Å². The molecule has 0 nitrogen and oxygen atoms in total. The third-order valence-electron chi connectivity index (χ3n) is 0. The molecular weight excluding hydrogens is 264 g/mol. The fourth-order valence-electron chi connectivity index (χ4n) is 0. The first kappa shape index (κ1) is 18.7. The maximum atomic E-state index is 4.70. The van der Waals surface area contributed by atoms with Gasteiger partial charge in [-0.3, -0.25) is 0 Å². The topological polar surface area (TPSA) is 0 Å². The molecule has 0 aliphatic rings. The molecule has 0 rings (SSSR count). The summed E-state index contributed by atoms with van der Waals surface area (Å²) >= 11 is 0.569. The molecule has 0 radical (unpaired) electrons. The summed E-state index contributed by atoms with van der Waals surface area (Å²) in [5, 5.41) is 0. The molecule has 11 heavy (non-hydrogen) atoms. The van der Waals surface area contributed by atoms with E-state index in [2.05, 4.69) is 40.0 Å². The van der Waals surface area contributed by atoms with E-state index in [1.165, 1.54) is 0 Å². The summed E-state index contributed by atoms with van der Waals surface area (Å²) in [6.07, 6.45) is 0. The van der Waals surface area contributed by atoms with Gasteiger partial charge >= 0.3 is 33.0 Å². The van der Waals surface area contributed by atoms with E-state index in [1.807, 2.05) is 0 Å². The molecule has 0 N–H and O–H groups in total. The molecule has 0 aromatic carbocycles. The van der Waals surface area contributed by atoms with Gasteiger partial charge in [-0.2, -0.15) is 0 Å². The van der Waals surface area contributed by atoms with Gasteiger partial charge in [0, 0.05) is 0 Å². The summed E-state index contributed by atoms with van der Waals surface area (Å²) in [7, 11) is 10.2. The van der Waals surface area contributed by atoms with Gasteiger partial charge in [0.1, 0.15) is 0 Å². The summed E-state index contributed by atoms with van der Waals surface area (Å²) in [5.41, 5.74) is 0. The molecule has 0 aromatic heterocycles. The van der Waals surface area contributed by atoms with Crippen LogP contribution in [0.5, 0.6) is 0 Å². The molecule has 0 unspecified atom stereocenters. The molecule has 0 saturated heterocycles. The Labute approximate surface area is 88.7 Å². The molecule has 0 heterocycles. The van der Waals surface area contributed by atoms with Crippen LogP contribution in [0.2, 0.25) is 0 Å². The van der Waals surface area contributed by atoms with E-state index in [1.54, 1.807) is 0 Å². The summed E-state index contributed by atoms with van der Waals surface area (Å²) in [6.45, 7) is 13.4. The van der Waals surface area contributed by atoms with Crippen molar-refractivity contribution in [1.82, 2.24) is 0 Å². The van der Waals surface area contributed by atoms with Crippen LogP contribution in [0.3, 0.4) is 0 Å². The third-order valence-corrected chi connectivity index (χ3v) is 0. The Morgan fingerprint density at radius 1 is 0.727 bits per heavy atom. The molecule has 0 aliphatic carbocycles. The van der Waals surface area contributed by atoms with E-state index in [0.717, 1.165) is 0 Å². The van der Waals surface area contributed by atoms with Gasteiger partial charge in [0.15, 0.2) is 0 Å². The van der Waals surface area contributed by atoms with E-state index in [-0.39, 0.29) is 0 Å². The minimum atomic E-state index is 0.380. The van der Waals surface area contributed by atoms with Crippen molar-refractivity contribution in [3.63, 3.8) is 0 Å². The zero-order chi connectivity index (χ0) is 9.86. The first-order valence-corrected chi connectivity index (χ1v) is 11.0. The van der Waals surface area contributed by atoms with Crippen molar-refractivity contribution in [3.05, 3.63) is 0 Å². The van der Waals surface area contributed by atoms with Crippen LogP contribution in [0.4, 0.5) is 0 Å². The quantitative estimate of drug-likeness (QED) is 0.463. The standard InChI is InChI=1S/2C3H9P.2ClH.Ni/c2*1-4(2)3;;;/h2*1-3H3;2*1H;/q;;;;+2/p-2. The van der Waals surface area contributed by atoms with Gasteiger partial charge in [-0.15, -0.1) is 15.8 Å². The second kappa shape index (κ2) is 17.9. The molecule has 0 saturated carbocycles. The van der Waals surface area contributed by atoms with Crippen molar-refractivity contribution >= 4 is 36.2 Å². The van der Waals surface area contributed by atoms with Gasteiger partial charge in [-0.25, -0.2) is 0 Å². The Morgan fingerprint density at radius 3 is 0.727 bits per heavy atom. The maximum absolute atomic E-state index is 4.70. The molecule has 0 aliphatic heterocycles. The SMILES string of the molecule is CP(C)C.CP(C)C.[Cl][Ni][Cl]. The summed E-state index contributed by atoms with van der Waals surface area (Å²) in [6, 6.07) is 0. The average Bonchev–Trinajstić information content (AvgIpc) is 1.60. The number of halogens is 2. The fraction of sp³-hybridized carbons (Fsp3) is 1.00. The number of rotatable bonds is 0. The Hall–Kier alpha value is 1.93. The van der Waals surface area contributed by atoms with Crippen molar-refractivity contribution in [2.45, 2.75) is 0 Å². The van der Waals surface area contributed by atoms with Crippen LogP contribution in [0, 0.1) is 0 Å². The minimum absolute atomic E-state index is 0.380. The van der Waals surface area contributed by atoms with E-state index < -0.39 is 0 Å². The normalized spacial score (nSPS) is 8.55. The van der Waals surface area contributed by atoms with Gasteiger partial charge in [-0.05, 0) is 40.0 Å². The van der Waals surface area contributed by atoms with Crippen LogP contribution in [0.25, 0.3) is 0 Å². The van der Waals surface area contributed by atoms with E-state index in [0.29, 0.717) is 28.5 Å². The molecule has 0 amide bonds. The first-order valence-electron chi connectivity index (χ1n) is 2.92. The van der Waals surface area contributed by atoms with Crippen molar-refractivity contribution in [2.75, 3.05) is 40.0 Å². The van der Waals surface area contributed by atoms with Crippen LogP contribution >= 0.6 is 36.2 Å². The van der Waals surface area contributed by atoms with Gasteiger partial charge in [0.25, 0.3) is 0 Å². The predicted octanol–water partition coefficient (Wildman–Crippen LogP) is 4.09. The fourth-order valence-corrected chi connectivity index (χ4v) is 0. The van der Waals surface area contributed by atoms with Crippen LogP contribution < -0.4 is 0 Å². The molecule has 0 atom stereocenters. The van der Waals surface area contributed by atoms with E-state index in [9.17, 15) is 0 Å². The summed E-state index contributed by atoms with van der Waals surface area (Å²) in [4.78, 5) is 0. The molecule has 0 bridgehead atoms. The van der Waals surface area contributed by atoms with Crippen LogP contribution in [-0.2, 0) is 12.7 Å².